The van der Waals surface area contributed by atoms with Crippen molar-refractivity contribution in [1.29, 1.82) is 0 Å². The molecular weight excluding hydrogens is 698 g/mol. The fourth-order valence-electron chi connectivity index (χ4n) is 6.04. The number of carbonyl (C=O) groups is 1. The number of nitrogens with one attached hydrogen (secondary N) is 1. The molecule has 14 nitrogen and oxygen atoms in total. The number of carbonyl (C=O) groups excluding carboxylic acids is 1. The molecule has 284 valence electrons. The highest BCUT2D eigenvalue weighted by molar-refractivity contribution is 7.98. The van der Waals surface area contributed by atoms with Gasteiger partial charge in [0.05, 0.1) is 38.4 Å². The van der Waals surface area contributed by atoms with Crippen molar-refractivity contribution in [3.05, 3.63) is 75.4 Å². The smallest absolute Gasteiger partial charge is 0.229 e. The number of benzene rings is 2. The molecule has 3 aromatic rings. The molecular formula is C37H47NO13S. The van der Waals surface area contributed by atoms with E-state index in [2.05, 4.69) is 5.32 Å². The summed E-state index contributed by atoms with van der Waals surface area (Å²) < 4.78 is 28.2. The maximum Gasteiger partial charge on any atom is 0.229 e. The molecule has 0 radical (unpaired) electrons. The van der Waals surface area contributed by atoms with E-state index in [1.54, 1.807) is 18.2 Å². The minimum atomic E-state index is -1.62. The number of methoxy groups -OCH3 is 2. The number of aliphatic hydroxyl groups is 6. The average Bonchev–Trinajstić information content (AvgIpc) is 3.38. The van der Waals surface area contributed by atoms with Gasteiger partial charge in [-0.3, -0.25) is 9.59 Å². The fourth-order valence-corrected chi connectivity index (χ4v) is 6.51. The number of rotatable bonds is 11. The van der Waals surface area contributed by atoms with Gasteiger partial charge in [0.15, 0.2) is 16.9 Å². The van der Waals surface area contributed by atoms with Crippen LogP contribution < -0.4 is 29.7 Å². The van der Waals surface area contributed by atoms with Gasteiger partial charge < -0.3 is 59.6 Å². The van der Waals surface area contributed by atoms with Crippen molar-refractivity contribution in [2.75, 3.05) is 40.3 Å². The van der Waals surface area contributed by atoms with E-state index >= 15 is 0 Å². The molecule has 52 heavy (non-hydrogen) atoms. The number of fused-ring (bicyclic) bond motifs is 3. The molecule has 0 spiro atoms. The largest absolute Gasteiger partial charge is 0.492 e. The number of aryl methyl sites for hydroxylation is 2. The number of thioether (sulfide) groups is 1. The zero-order valence-corrected chi connectivity index (χ0v) is 30.5. The standard InChI is InChI=1S/C27H33NO10S.C10H14O3/c1-12(30)28-16-7-5-13-9-18(37-27-24(34)23(33)22(32)19(11-29)38-27)25(35-2)26(36-3)21(13)14-6-8-20(39-4)17(31)10-15(14)16;1-8-4-2-3-5-10(8)13-7-9(12)6-11/h6,8-10,16,19,22-24,27,29,32-34H,5,7,11H2,1-4H3,(H,28,30);2-5,9,11-12H,6-7H2,1H3/t16-,19+,22+,23-,24+,27+;/m0./s1. The van der Waals surface area contributed by atoms with Gasteiger partial charge in [-0.15, -0.1) is 11.8 Å². The highest BCUT2D eigenvalue weighted by Crippen LogP contribution is 2.51. The molecule has 7 atom stereocenters. The van der Waals surface area contributed by atoms with Crippen LogP contribution in [-0.2, 0) is 16.0 Å². The summed E-state index contributed by atoms with van der Waals surface area (Å²) in [7, 11) is 2.87. The third-order valence-corrected chi connectivity index (χ3v) is 9.48. The highest BCUT2D eigenvalue weighted by Gasteiger charge is 2.45. The molecule has 1 fully saturated rings. The number of hydrogen-bond acceptors (Lipinski definition) is 14. The highest BCUT2D eigenvalue weighted by atomic mass is 32.2. The zero-order valence-electron chi connectivity index (χ0n) is 29.6. The van der Waals surface area contributed by atoms with Crippen molar-refractivity contribution >= 4 is 17.7 Å². The average molecular weight is 746 g/mol. The van der Waals surface area contributed by atoms with Gasteiger partial charge in [0.1, 0.15) is 42.9 Å². The molecule has 0 bridgehead atoms. The molecule has 1 saturated heterocycles. The van der Waals surface area contributed by atoms with Crippen molar-refractivity contribution in [2.45, 2.75) is 74.4 Å². The minimum Gasteiger partial charge on any atom is -0.492 e. The summed E-state index contributed by atoms with van der Waals surface area (Å²) in [5.74, 6) is 1.10. The van der Waals surface area contributed by atoms with Crippen molar-refractivity contribution in [2.24, 2.45) is 0 Å². The number of hydrogen-bond donors (Lipinski definition) is 7. The normalized spacial score (nSPS) is 22.7. The third kappa shape index (κ3) is 9.35. The monoisotopic (exact) mass is 745 g/mol. The maximum absolute atomic E-state index is 13.0. The van der Waals surface area contributed by atoms with Crippen molar-refractivity contribution in [1.82, 2.24) is 5.32 Å². The van der Waals surface area contributed by atoms with E-state index in [4.69, 9.17) is 33.9 Å². The van der Waals surface area contributed by atoms with Crippen LogP contribution in [0.15, 0.2) is 58.2 Å². The van der Waals surface area contributed by atoms with Gasteiger partial charge in [-0.2, -0.15) is 0 Å². The summed E-state index contributed by atoms with van der Waals surface area (Å²) >= 11 is 1.32. The maximum atomic E-state index is 13.0. The first-order valence-electron chi connectivity index (χ1n) is 16.6. The molecule has 3 aromatic carbocycles. The van der Waals surface area contributed by atoms with Gasteiger partial charge in [-0.05, 0) is 72.5 Å². The van der Waals surface area contributed by atoms with Crippen LogP contribution >= 0.6 is 11.8 Å². The Morgan fingerprint density at radius 1 is 1.00 bits per heavy atom. The predicted octanol–water partition coefficient (Wildman–Crippen LogP) is 1.48. The zero-order chi connectivity index (χ0) is 38.1. The molecule has 5 rings (SSSR count). The lowest BCUT2D eigenvalue weighted by Crippen LogP contribution is -2.60. The van der Waals surface area contributed by atoms with E-state index in [-0.39, 0.29) is 36.0 Å². The number of ether oxygens (including phenoxy) is 5. The van der Waals surface area contributed by atoms with Crippen LogP contribution in [0.4, 0.5) is 0 Å². The van der Waals surface area contributed by atoms with Gasteiger partial charge in [0, 0.05) is 12.5 Å². The van der Waals surface area contributed by atoms with Crippen LogP contribution in [0.3, 0.4) is 0 Å². The first-order valence-corrected chi connectivity index (χ1v) is 17.8. The molecule has 1 aliphatic heterocycles. The van der Waals surface area contributed by atoms with Crippen LogP contribution in [0.5, 0.6) is 23.0 Å². The second kappa shape index (κ2) is 18.7. The first-order chi connectivity index (χ1) is 24.9. The van der Waals surface area contributed by atoms with Crippen molar-refractivity contribution in [3.8, 4) is 34.1 Å². The first kappa shape index (κ1) is 40.8. The quantitative estimate of drug-likeness (QED) is 0.139. The SMILES string of the molecule is COc1c(O[C@@H]2O[C@H](CO)[C@@H](O)[C@H](O)[C@H]2O)cc2c(c1OC)-c1ccc(SC)c(=O)cc1[C@@H](NC(C)=O)CC2.Cc1ccccc1OCC(O)CO. The van der Waals surface area contributed by atoms with Crippen LogP contribution in [0, 0.1) is 6.92 Å². The summed E-state index contributed by atoms with van der Waals surface area (Å²) in [5, 5.41) is 60.9. The molecule has 1 heterocycles. The summed E-state index contributed by atoms with van der Waals surface area (Å²) in [6.45, 7) is 2.60. The fraction of sp³-hybridized carbons (Fsp3) is 0.459. The van der Waals surface area contributed by atoms with E-state index in [1.807, 2.05) is 43.5 Å². The topological polar surface area (TPSA) is 214 Å². The van der Waals surface area contributed by atoms with Gasteiger partial charge >= 0.3 is 0 Å². The van der Waals surface area contributed by atoms with Crippen LogP contribution in [0.2, 0.25) is 0 Å². The van der Waals surface area contributed by atoms with Gasteiger partial charge in [0.25, 0.3) is 0 Å². The summed E-state index contributed by atoms with van der Waals surface area (Å²) in [4.78, 5) is 25.6. The second-order valence-corrected chi connectivity index (χ2v) is 13.1. The third-order valence-electron chi connectivity index (χ3n) is 8.71. The van der Waals surface area contributed by atoms with Gasteiger partial charge in [0.2, 0.25) is 17.9 Å². The Morgan fingerprint density at radius 3 is 2.33 bits per heavy atom. The van der Waals surface area contributed by atoms with E-state index in [9.17, 15) is 30.0 Å². The molecule has 0 saturated carbocycles. The molecule has 15 heteroatoms. The molecule has 0 aromatic heterocycles. The number of amides is 1. The molecule has 1 unspecified atom stereocenters. The number of para-hydroxylation sites is 1. The molecule has 1 amide bonds. The van der Waals surface area contributed by atoms with Crippen LogP contribution in [-0.4, -0.2) is 114 Å². The lowest BCUT2D eigenvalue weighted by Gasteiger charge is -2.39. The molecule has 1 aliphatic carbocycles. The Hall–Kier alpha value is -3.93. The second-order valence-electron chi connectivity index (χ2n) is 12.3. The van der Waals surface area contributed by atoms with Crippen molar-refractivity contribution < 1.29 is 59.1 Å². The lowest BCUT2D eigenvalue weighted by molar-refractivity contribution is -0.277. The lowest BCUT2D eigenvalue weighted by atomic mass is 9.95. The Kier molecular flexibility index (Phi) is 14.7. The van der Waals surface area contributed by atoms with Crippen LogP contribution in [0.25, 0.3) is 11.1 Å². The van der Waals surface area contributed by atoms with Crippen molar-refractivity contribution in [3.63, 3.8) is 0 Å². The predicted molar refractivity (Wildman–Crippen MR) is 192 cm³/mol. The van der Waals surface area contributed by atoms with Crippen LogP contribution in [0.1, 0.15) is 36.1 Å². The van der Waals surface area contributed by atoms with E-state index in [1.165, 1.54) is 32.9 Å². The Bertz CT molecular complexity index is 1740. The number of aliphatic hydroxyl groups excluding tert-OH is 6. The van der Waals surface area contributed by atoms with Gasteiger partial charge in [-0.1, -0.05) is 24.3 Å². The van der Waals surface area contributed by atoms with E-state index in [0.29, 0.717) is 40.2 Å². The summed E-state index contributed by atoms with van der Waals surface area (Å²) in [6, 6.07) is 13.9. The minimum absolute atomic E-state index is 0.126. The Balaban J connectivity index is 0.000000392. The summed E-state index contributed by atoms with van der Waals surface area (Å²) in [6.07, 6.45) is -5.44. The van der Waals surface area contributed by atoms with Gasteiger partial charge in [-0.25, -0.2) is 0 Å². The summed E-state index contributed by atoms with van der Waals surface area (Å²) in [5.41, 5.74) is 3.57. The molecule has 2 aliphatic rings. The Labute approximate surface area is 305 Å². The van der Waals surface area contributed by atoms with E-state index in [0.717, 1.165) is 16.9 Å². The Morgan fingerprint density at radius 2 is 1.71 bits per heavy atom. The van der Waals surface area contributed by atoms with E-state index < -0.39 is 49.5 Å². The molecule has 7 N–H and O–H groups in total.